The van der Waals surface area contributed by atoms with Crippen LogP contribution >= 0.6 is 0 Å². The number of hydrogen-bond donors (Lipinski definition) is 1. The maximum atomic E-state index is 13.9. The van der Waals surface area contributed by atoms with Gasteiger partial charge in [-0.05, 0) is 24.1 Å². The van der Waals surface area contributed by atoms with Gasteiger partial charge in [0.1, 0.15) is 5.82 Å². The van der Waals surface area contributed by atoms with Gasteiger partial charge in [-0.3, -0.25) is 15.0 Å². The molecule has 3 aromatic rings. The number of anilines is 1. The summed E-state index contributed by atoms with van der Waals surface area (Å²) in [7, 11) is 1.51. The quantitative estimate of drug-likeness (QED) is 0.525. The van der Waals surface area contributed by atoms with Crippen molar-refractivity contribution < 1.29 is 19.1 Å². The number of imide groups is 1. The Labute approximate surface area is 214 Å². The molecule has 3 heterocycles. The first kappa shape index (κ1) is 23.2. The van der Waals surface area contributed by atoms with E-state index in [2.05, 4.69) is 10.4 Å². The van der Waals surface area contributed by atoms with Crippen LogP contribution in [0.4, 0.5) is 15.4 Å². The molecule has 1 N–H and O–H groups in total. The average molecular weight is 501 g/mol. The Kier molecular flexibility index (Phi) is 5.68. The van der Waals surface area contributed by atoms with E-state index >= 15 is 0 Å². The number of nitrogens with one attached hydrogen (secondary N) is 1. The lowest BCUT2D eigenvalue weighted by Gasteiger charge is -2.43. The first-order chi connectivity index (χ1) is 18.0. The molecule has 37 heavy (non-hydrogen) atoms. The summed E-state index contributed by atoms with van der Waals surface area (Å²) in [6.07, 6.45) is 2.36. The summed E-state index contributed by atoms with van der Waals surface area (Å²) in [4.78, 5) is 45.2. The van der Waals surface area contributed by atoms with Crippen LogP contribution in [0.5, 0.6) is 0 Å². The molecule has 1 aliphatic carbocycles. The van der Waals surface area contributed by atoms with Gasteiger partial charge in [-0.1, -0.05) is 48.5 Å². The SMILES string of the molecule is COCC12CN(C(=O)Nc3ccnn3-c3ccccc3)CCN1C(=O)N([C@H]1C[C@@H]1c1ccccc1)C2=O. The molecule has 2 aromatic carbocycles. The molecule has 0 radical (unpaired) electrons. The summed E-state index contributed by atoms with van der Waals surface area (Å²) >= 11 is 0. The Hall–Kier alpha value is -4.18. The molecular weight excluding hydrogens is 472 g/mol. The highest BCUT2D eigenvalue weighted by Gasteiger charge is 2.64. The number of amides is 5. The van der Waals surface area contributed by atoms with Gasteiger partial charge < -0.3 is 14.5 Å². The van der Waals surface area contributed by atoms with E-state index in [4.69, 9.17) is 4.74 Å². The molecule has 1 aromatic heterocycles. The Morgan fingerprint density at radius 3 is 2.51 bits per heavy atom. The predicted molar refractivity (Wildman–Crippen MR) is 135 cm³/mol. The summed E-state index contributed by atoms with van der Waals surface area (Å²) in [5.74, 6) is 0.348. The number of fused-ring (bicyclic) bond motifs is 1. The third kappa shape index (κ3) is 3.84. The number of piperazine rings is 1. The van der Waals surface area contributed by atoms with Crippen molar-refractivity contribution in [2.45, 2.75) is 23.9 Å². The van der Waals surface area contributed by atoms with E-state index in [1.165, 1.54) is 12.0 Å². The zero-order valence-corrected chi connectivity index (χ0v) is 20.5. The molecule has 3 aliphatic rings. The highest BCUT2D eigenvalue weighted by Crippen LogP contribution is 2.48. The maximum absolute atomic E-state index is 13.9. The minimum atomic E-state index is -1.25. The van der Waals surface area contributed by atoms with Gasteiger partial charge in [-0.25, -0.2) is 14.3 Å². The number of rotatable bonds is 6. The second-order valence-corrected chi connectivity index (χ2v) is 9.71. The van der Waals surface area contributed by atoms with Gasteiger partial charge >= 0.3 is 12.1 Å². The third-order valence-corrected chi connectivity index (χ3v) is 7.48. The molecule has 1 unspecified atom stereocenters. The van der Waals surface area contributed by atoms with Crippen LogP contribution in [0.25, 0.3) is 5.69 Å². The highest BCUT2D eigenvalue weighted by molar-refractivity contribution is 6.08. The molecule has 3 fully saturated rings. The largest absolute Gasteiger partial charge is 0.382 e. The van der Waals surface area contributed by atoms with Gasteiger partial charge in [-0.15, -0.1) is 0 Å². The average Bonchev–Trinajstić information content (AvgIpc) is 3.51. The normalized spacial score (nSPS) is 24.8. The van der Waals surface area contributed by atoms with Crippen LogP contribution in [0.2, 0.25) is 0 Å². The highest BCUT2D eigenvalue weighted by atomic mass is 16.5. The molecule has 3 atom stereocenters. The molecule has 0 bridgehead atoms. The number of para-hydroxylation sites is 1. The van der Waals surface area contributed by atoms with Crippen LogP contribution in [0.1, 0.15) is 17.9 Å². The molecule has 10 heteroatoms. The van der Waals surface area contributed by atoms with Crippen molar-refractivity contribution in [3.8, 4) is 5.69 Å². The number of methoxy groups -OCH3 is 1. The summed E-state index contributed by atoms with van der Waals surface area (Å²) < 4.78 is 7.10. The second-order valence-electron chi connectivity index (χ2n) is 9.71. The van der Waals surface area contributed by atoms with Crippen LogP contribution in [-0.2, 0) is 9.53 Å². The predicted octanol–water partition coefficient (Wildman–Crippen LogP) is 2.93. The fourth-order valence-corrected chi connectivity index (χ4v) is 5.59. The molecule has 0 spiro atoms. The molecule has 1 saturated carbocycles. The second kappa shape index (κ2) is 9.04. The van der Waals surface area contributed by atoms with Crippen LogP contribution in [0.15, 0.2) is 72.9 Å². The lowest BCUT2D eigenvalue weighted by molar-refractivity contribution is -0.138. The molecular formula is C27H28N6O4. The van der Waals surface area contributed by atoms with Crippen molar-refractivity contribution in [1.82, 2.24) is 24.5 Å². The van der Waals surface area contributed by atoms with Gasteiger partial charge in [-0.2, -0.15) is 5.10 Å². The third-order valence-electron chi connectivity index (χ3n) is 7.48. The zero-order valence-electron chi connectivity index (χ0n) is 20.5. The van der Waals surface area contributed by atoms with E-state index in [0.717, 1.165) is 17.7 Å². The maximum Gasteiger partial charge on any atom is 0.328 e. The number of ether oxygens (including phenoxy) is 1. The Morgan fingerprint density at radius 1 is 1.05 bits per heavy atom. The monoisotopic (exact) mass is 500 g/mol. The molecule has 6 rings (SSSR count). The topological polar surface area (TPSA) is 100 Å². The van der Waals surface area contributed by atoms with E-state index in [1.807, 2.05) is 60.7 Å². The van der Waals surface area contributed by atoms with Gasteiger partial charge in [0.25, 0.3) is 5.91 Å². The van der Waals surface area contributed by atoms with Crippen molar-refractivity contribution >= 4 is 23.8 Å². The fraction of sp³-hybridized carbons (Fsp3) is 0.333. The number of carbonyl (C=O) groups is 3. The fourth-order valence-electron chi connectivity index (χ4n) is 5.59. The molecule has 190 valence electrons. The number of hydrogen-bond acceptors (Lipinski definition) is 5. The number of urea groups is 2. The lowest BCUT2D eigenvalue weighted by atomic mass is 9.95. The Balaban J connectivity index is 1.21. The minimum Gasteiger partial charge on any atom is -0.382 e. The van der Waals surface area contributed by atoms with E-state index < -0.39 is 5.54 Å². The van der Waals surface area contributed by atoms with Gasteiger partial charge in [0.2, 0.25) is 0 Å². The van der Waals surface area contributed by atoms with E-state index in [-0.39, 0.29) is 49.6 Å². The van der Waals surface area contributed by atoms with Crippen LogP contribution in [-0.4, -0.2) is 87.4 Å². The standard InChI is InChI=1S/C27H28N6O4/c1-37-18-27-17-30(25(35)29-23-12-13-28-33(23)20-10-6-3-7-11-20)14-15-31(27)26(36)32(24(27)34)22-16-21(22)19-8-4-2-5-9-19/h2-13,21-22H,14-18H2,1H3,(H,29,35)/t21-,22+,27?/m1/s1. The summed E-state index contributed by atoms with van der Waals surface area (Å²) in [5.41, 5.74) is 0.688. The molecule has 5 amide bonds. The molecule has 10 nitrogen and oxygen atoms in total. The van der Waals surface area contributed by atoms with Crippen molar-refractivity contribution in [3.05, 3.63) is 78.5 Å². The van der Waals surface area contributed by atoms with E-state index in [0.29, 0.717) is 12.4 Å². The number of aromatic nitrogens is 2. The Bertz CT molecular complexity index is 1330. The molecule has 2 saturated heterocycles. The van der Waals surface area contributed by atoms with Crippen LogP contribution < -0.4 is 5.32 Å². The lowest BCUT2D eigenvalue weighted by Crippen LogP contribution is -2.66. The van der Waals surface area contributed by atoms with Gasteiger partial charge in [0, 0.05) is 38.2 Å². The van der Waals surface area contributed by atoms with Crippen molar-refractivity contribution in [2.75, 3.05) is 38.7 Å². The number of nitrogens with zero attached hydrogens (tertiary/aromatic N) is 5. The van der Waals surface area contributed by atoms with Crippen molar-refractivity contribution in [2.24, 2.45) is 0 Å². The van der Waals surface area contributed by atoms with Crippen LogP contribution in [0, 0.1) is 0 Å². The minimum absolute atomic E-state index is 0.0164. The summed E-state index contributed by atoms with van der Waals surface area (Å²) in [6, 6.07) is 20.3. The van der Waals surface area contributed by atoms with E-state index in [1.54, 1.807) is 26.7 Å². The van der Waals surface area contributed by atoms with Gasteiger partial charge in [0.15, 0.2) is 5.54 Å². The van der Waals surface area contributed by atoms with Crippen LogP contribution in [0.3, 0.4) is 0 Å². The zero-order chi connectivity index (χ0) is 25.6. The summed E-state index contributed by atoms with van der Waals surface area (Å²) in [6.45, 7) is 0.618. The smallest absolute Gasteiger partial charge is 0.328 e. The first-order valence-corrected chi connectivity index (χ1v) is 12.4. The number of carbonyl (C=O) groups excluding carboxylic acids is 3. The number of benzene rings is 2. The van der Waals surface area contributed by atoms with Crippen molar-refractivity contribution in [1.29, 1.82) is 0 Å². The Morgan fingerprint density at radius 2 is 1.78 bits per heavy atom. The summed E-state index contributed by atoms with van der Waals surface area (Å²) in [5, 5.41) is 7.24. The van der Waals surface area contributed by atoms with Crippen molar-refractivity contribution in [3.63, 3.8) is 0 Å². The first-order valence-electron chi connectivity index (χ1n) is 12.4. The van der Waals surface area contributed by atoms with Gasteiger partial charge in [0.05, 0.1) is 25.0 Å². The molecule has 2 aliphatic heterocycles. The van der Waals surface area contributed by atoms with E-state index in [9.17, 15) is 14.4 Å².